The summed E-state index contributed by atoms with van der Waals surface area (Å²) in [5.74, 6) is -1.87. The Kier molecular flexibility index (Phi) is 4.98. The number of hydrogen-bond donors (Lipinski definition) is 3. The molecule has 1 amide bonds. The summed E-state index contributed by atoms with van der Waals surface area (Å²) >= 11 is 0. The monoisotopic (exact) mass is 365 g/mol. The summed E-state index contributed by atoms with van der Waals surface area (Å²) in [5.41, 5.74) is 1.37. The molecule has 0 saturated heterocycles. The van der Waals surface area contributed by atoms with E-state index in [0.717, 1.165) is 11.6 Å². The minimum atomic E-state index is -1.09. The van der Waals surface area contributed by atoms with Crippen LogP contribution in [0.15, 0.2) is 54.6 Å². The molecular formula is C21H19NO5. The Balaban J connectivity index is 1.77. The lowest BCUT2D eigenvalue weighted by Gasteiger charge is -2.15. The van der Waals surface area contributed by atoms with Crippen LogP contribution in [0.2, 0.25) is 0 Å². The third-order valence-corrected chi connectivity index (χ3v) is 4.15. The van der Waals surface area contributed by atoms with Crippen molar-refractivity contribution in [3.8, 4) is 11.5 Å². The van der Waals surface area contributed by atoms with E-state index < -0.39 is 18.0 Å². The molecule has 138 valence electrons. The Bertz CT molecular complexity index is 1030. The summed E-state index contributed by atoms with van der Waals surface area (Å²) in [4.78, 5) is 24.7. The van der Waals surface area contributed by atoms with Gasteiger partial charge in [0.1, 0.15) is 17.1 Å². The fourth-order valence-electron chi connectivity index (χ4n) is 2.74. The van der Waals surface area contributed by atoms with Crippen molar-refractivity contribution >= 4 is 28.3 Å². The molecule has 27 heavy (non-hydrogen) atoms. The van der Waals surface area contributed by atoms with Gasteiger partial charge in [-0.1, -0.05) is 36.4 Å². The molecular weight excluding hydrogens is 346 g/mol. The largest absolute Gasteiger partial charge is 0.507 e. The van der Waals surface area contributed by atoms with Crippen LogP contribution in [-0.2, 0) is 9.53 Å². The standard InChI is InChI=1S/C21H19NO5/c1-12-6-5-7-14(10-12)22-20(25)13(2)27-21(26)17-11-18(23)15-8-3-4-9-16(15)19(17)24/h3-11,13,23-24H,1-2H3,(H,22,25)/t13-/m1/s1. The van der Waals surface area contributed by atoms with Gasteiger partial charge in [0.05, 0.1) is 0 Å². The first-order chi connectivity index (χ1) is 12.9. The molecule has 0 fully saturated rings. The summed E-state index contributed by atoms with van der Waals surface area (Å²) in [6.07, 6.45) is -1.09. The third-order valence-electron chi connectivity index (χ3n) is 4.15. The highest BCUT2D eigenvalue weighted by atomic mass is 16.5. The van der Waals surface area contributed by atoms with Crippen molar-refractivity contribution in [1.82, 2.24) is 0 Å². The SMILES string of the molecule is Cc1cccc(NC(=O)[C@@H](C)OC(=O)c2cc(O)c3ccccc3c2O)c1. The normalized spacial score (nSPS) is 11.8. The van der Waals surface area contributed by atoms with Crippen molar-refractivity contribution in [2.75, 3.05) is 5.32 Å². The Morgan fingerprint density at radius 3 is 2.41 bits per heavy atom. The number of hydrogen-bond acceptors (Lipinski definition) is 5. The molecule has 6 heteroatoms. The number of esters is 1. The zero-order valence-electron chi connectivity index (χ0n) is 14.9. The first-order valence-electron chi connectivity index (χ1n) is 8.39. The summed E-state index contributed by atoms with van der Waals surface area (Å²) in [6, 6.07) is 14.9. The minimum Gasteiger partial charge on any atom is -0.507 e. The molecule has 0 radical (unpaired) electrons. The molecule has 0 saturated carbocycles. The third kappa shape index (κ3) is 3.84. The van der Waals surface area contributed by atoms with Gasteiger partial charge < -0.3 is 20.3 Å². The number of phenols is 2. The number of anilines is 1. The van der Waals surface area contributed by atoms with Gasteiger partial charge in [0, 0.05) is 16.5 Å². The zero-order chi connectivity index (χ0) is 19.6. The summed E-state index contributed by atoms with van der Waals surface area (Å²) in [7, 11) is 0. The van der Waals surface area contributed by atoms with Crippen LogP contribution >= 0.6 is 0 Å². The lowest BCUT2D eigenvalue weighted by molar-refractivity contribution is -0.123. The second-order valence-electron chi connectivity index (χ2n) is 6.24. The molecule has 3 N–H and O–H groups in total. The van der Waals surface area contributed by atoms with Crippen molar-refractivity contribution < 1.29 is 24.5 Å². The fraction of sp³-hybridized carbons (Fsp3) is 0.143. The molecule has 3 rings (SSSR count). The first kappa shape index (κ1) is 18.3. The van der Waals surface area contributed by atoms with Crippen LogP contribution in [0.4, 0.5) is 5.69 Å². The predicted octanol–water partition coefficient (Wildman–Crippen LogP) is 3.74. The maximum atomic E-state index is 12.4. The Morgan fingerprint density at radius 2 is 1.70 bits per heavy atom. The van der Waals surface area contributed by atoms with E-state index in [1.807, 2.05) is 13.0 Å². The van der Waals surface area contributed by atoms with Crippen LogP contribution in [-0.4, -0.2) is 28.2 Å². The smallest absolute Gasteiger partial charge is 0.342 e. The highest BCUT2D eigenvalue weighted by Crippen LogP contribution is 2.35. The highest BCUT2D eigenvalue weighted by Gasteiger charge is 2.23. The van der Waals surface area contributed by atoms with E-state index >= 15 is 0 Å². The number of rotatable bonds is 4. The number of phenolic OH excluding ortho intramolecular Hbond substituents is 2. The van der Waals surface area contributed by atoms with Gasteiger partial charge in [-0.25, -0.2) is 4.79 Å². The quantitative estimate of drug-likeness (QED) is 0.483. The van der Waals surface area contributed by atoms with E-state index in [-0.39, 0.29) is 17.1 Å². The van der Waals surface area contributed by atoms with Gasteiger partial charge in [-0.3, -0.25) is 4.79 Å². The van der Waals surface area contributed by atoms with Crippen molar-refractivity contribution in [2.45, 2.75) is 20.0 Å². The minimum absolute atomic E-state index is 0.160. The second-order valence-corrected chi connectivity index (χ2v) is 6.24. The van der Waals surface area contributed by atoms with Gasteiger partial charge in [-0.05, 0) is 37.6 Å². The van der Waals surface area contributed by atoms with Crippen LogP contribution in [0.1, 0.15) is 22.8 Å². The Hall–Kier alpha value is -3.54. The molecule has 0 aliphatic rings. The van der Waals surface area contributed by atoms with Crippen LogP contribution in [0.3, 0.4) is 0 Å². The van der Waals surface area contributed by atoms with E-state index in [1.165, 1.54) is 6.92 Å². The Morgan fingerprint density at radius 1 is 1.00 bits per heavy atom. The number of carbonyl (C=O) groups excluding carboxylic acids is 2. The summed E-state index contributed by atoms with van der Waals surface area (Å²) in [5, 5.41) is 23.8. The molecule has 0 spiro atoms. The summed E-state index contributed by atoms with van der Waals surface area (Å²) in [6.45, 7) is 3.33. The Labute approximate surface area is 156 Å². The molecule has 0 aliphatic heterocycles. The molecule has 0 aliphatic carbocycles. The van der Waals surface area contributed by atoms with E-state index in [2.05, 4.69) is 5.32 Å². The molecule has 0 unspecified atom stereocenters. The van der Waals surface area contributed by atoms with Gasteiger partial charge in [-0.2, -0.15) is 0 Å². The van der Waals surface area contributed by atoms with Crippen molar-refractivity contribution in [3.05, 3.63) is 65.7 Å². The highest BCUT2D eigenvalue weighted by molar-refractivity contribution is 6.04. The molecule has 6 nitrogen and oxygen atoms in total. The van der Waals surface area contributed by atoms with E-state index in [9.17, 15) is 19.8 Å². The average Bonchev–Trinajstić information content (AvgIpc) is 2.64. The van der Waals surface area contributed by atoms with Crippen LogP contribution in [0, 0.1) is 6.92 Å². The van der Waals surface area contributed by atoms with Crippen LogP contribution in [0.5, 0.6) is 11.5 Å². The van der Waals surface area contributed by atoms with Gasteiger partial charge in [0.25, 0.3) is 5.91 Å². The molecule has 0 aromatic heterocycles. The summed E-state index contributed by atoms with van der Waals surface area (Å²) < 4.78 is 5.16. The van der Waals surface area contributed by atoms with Gasteiger partial charge in [-0.15, -0.1) is 0 Å². The number of aromatic hydroxyl groups is 2. The molecule has 3 aromatic carbocycles. The van der Waals surface area contributed by atoms with Crippen LogP contribution < -0.4 is 5.32 Å². The van der Waals surface area contributed by atoms with Crippen molar-refractivity contribution in [2.24, 2.45) is 0 Å². The average molecular weight is 365 g/mol. The van der Waals surface area contributed by atoms with Crippen molar-refractivity contribution in [3.63, 3.8) is 0 Å². The van der Waals surface area contributed by atoms with E-state index in [0.29, 0.717) is 16.5 Å². The van der Waals surface area contributed by atoms with Gasteiger partial charge >= 0.3 is 5.97 Å². The molecule has 0 heterocycles. The van der Waals surface area contributed by atoms with E-state index in [1.54, 1.807) is 42.5 Å². The topological polar surface area (TPSA) is 95.9 Å². The number of nitrogens with one attached hydrogen (secondary N) is 1. The zero-order valence-corrected chi connectivity index (χ0v) is 14.9. The van der Waals surface area contributed by atoms with Gasteiger partial charge in [0.2, 0.25) is 0 Å². The maximum absolute atomic E-state index is 12.4. The van der Waals surface area contributed by atoms with Crippen LogP contribution in [0.25, 0.3) is 10.8 Å². The molecule has 1 atom stereocenters. The number of aryl methyl sites for hydroxylation is 1. The predicted molar refractivity (Wildman–Crippen MR) is 102 cm³/mol. The number of ether oxygens (including phenoxy) is 1. The lowest BCUT2D eigenvalue weighted by Crippen LogP contribution is -2.30. The van der Waals surface area contributed by atoms with E-state index in [4.69, 9.17) is 4.74 Å². The number of amides is 1. The first-order valence-corrected chi connectivity index (χ1v) is 8.39. The number of fused-ring (bicyclic) bond motifs is 1. The maximum Gasteiger partial charge on any atom is 0.342 e. The van der Waals surface area contributed by atoms with Crippen molar-refractivity contribution in [1.29, 1.82) is 0 Å². The lowest BCUT2D eigenvalue weighted by atomic mass is 10.0. The molecule has 3 aromatic rings. The number of carbonyl (C=O) groups is 2. The second kappa shape index (κ2) is 7.37. The molecule has 0 bridgehead atoms. The number of benzene rings is 3. The fourth-order valence-corrected chi connectivity index (χ4v) is 2.74. The van der Waals surface area contributed by atoms with Gasteiger partial charge in [0.15, 0.2) is 6.10 Å².